The molecule has 1 atom stereocenters. The van der Waals surface area contributed by atoms with Gasteiger partial charge in [0.25, 0.3) is 5.91 Å². The van der Waals surface area contributed by atoms with Crippen molar-refractivity contribution in [2.75, 3.05) is 0 Å². The molecule has 1 amide bonds. The number of benzene rings is 3. The summed E-state index contributed by atoms with van der Waals surface area (Å²) in [6.07, 6.45) is 2.33. The normalized spacial score (nSPS) is 11.9. The summed E-state index contributed by atoms with van der Waals surface area (Å²) in [7, 11) is 0. The van der Waals surface area contributed by atoms with Gasteiger partial charge in [-0.05, 0) is 41.1 Å². The Bertz CT molecular complexity index is 1180. The number of halogens is 1. The average molecular weight is 400 g/mol. The predicted octanol–water partition coefficient (Wildman–Crippen LogP) is 4.46. The first-order valence-electron chi connectivity index (χ1n) is 9.79. The van der Waals surface area contributed by atoms with Crippen molar-refractivity contribution in [2.24, 2.45) is 0 Å². The third-order valence-corrected chi connectivity index (χ3v) is 5.13. The molecular formula is C25H21FN2O2. The van der Waals surface area contributed by atoms with Crippen LogP contribution in [0.2, 0.25) is 0 Å². The minimum Gasteiger partial charge on any atom is -0.361 e. The molecule has 0 spiro atoms. The lowest BCUT2D eigenvalue weighted by atomic mass is 9.96. The Morgan fingerprint density at radius 1 is 0.900 bits per heavy atom. The number of ketones is 1. The molecule has 0 saturated carbocycles. The van der Waals surface area contributed by atoms with E-state index in [9.17, 15) is 14.0 Å². The van der Waals surface area contributed by atoms with Gasteiger partial charge in [-0.2, -0.15) is 0 Å². The zero-order chi connectivity index (χ0) is 20.9. The standard InChI is InChI=1S/C25H21FN2O2/c26-21-12-5-4-11-20(21)25(30)28-22(15-17-7-2-1-3-8-17)23(29)16-19-10-6-9-18-13-14-27-24(18)19/h1-14,22,27H,15-16H2,(H,28,30). The van der Waals surface area contributed by atoms with E-state index in [4.69, 9.17) is 0 Å². The van der Waals surface area contributed by atoms with Crippen molar-refractivity contribution in [1.82, 2.24) is 10.3 Å². The smallest absolute Gasteiger partial charge is 0.254 e. The van der Waals surface area contributed by atoms with Crippen molar-refractivity contribution in [2.45, 2.75) is 18.9 Å². The number of para-hydroxylation sites is 1. The van der Waals surface area contributed by atoms with Crippen LogP contribution in [0.5, 0.6) is 0 Å². The predicted molar refractivity (Wildman–Crippen MR) is 115 cm³/mol. The number of aromatic nitrogens is 1. The van der Waals surface area contributed by atoms with Gasteiger partial charge in [0.1, 0.15) is 5.82 Å². The summed E-state index contributed by atoms with van der Waals surface area (Å²) in [5.74, 6) is -1.34. The summed E-state index contributed by atoms with van der Waals surface area (Å²) in [5.41, 5.74) is 2.61. The fraction of sp³-hybridized carbons (Fsp3) is 0.120. The van der Waals surface area contributed by atoms with Crippen LogP contribution in [-0.2, 0) is 17.6 Å². The van der Waals surface area contributed by atoms with Crippen LogP contribution in [0.15, 0.2) is 85.1 Å². The van der Waals surface area contributed by atoms with Gasteiger partial charge in [-0.25, -0.2) is 4.39 Å². The van der Waals surface area contributed by atoms with E-state index in [1.807, 2.05) is 60.8 Å². The second kappa shape index (κ2) is 8.74. The maximum Gasteiger partial charge on any atom is 0.254 e. The lowest BCUT2D eigenvalue weighted by Crippen LogP contribution is -2.43. The Kier molecular flexibility index (Phi) is 5.70. The Hall–Kier alpha value is -3.73. The second-order valence-corrected chi connectivity index (χ2v) is 7.20. The van der Waals surface area contributed by atoms with Gasteiger partial charge >= 0.3 is 0 Å². The Morgan fingerprint density at radius 3 is 2.47 bits per heavy atom. The molecule has 0 aliphatic rings. The number of Topliss-reactive ketones (excluding diaryl/α,β-unsaturated/α-hetero) is 1. The number of nitrogens with one attached hydrogen (secondary N) is 2. The molecule has 0 aliphatic carbocycles. The summed E-state index contributed by atoms with van der Waals surface area (Å²) in [5, 5.41) is 3.77. The molecule has 2 N–H and O–H groups in total. The van der Waals surface area contributed by atoms with E-state index in [1.54, 1.807) is 6.07 Å². The van der Waals surface area contributed by atoms with Crippen molar-refractivity contribution in [3.63, 3.8) is 0 Å². The van der Waals surface area contributed by atoms with Gasteiger partial charge in [-0.3, -0.25) is 9.59 Å². The van der Waals surface area contributed by atoms with Crippen LogP contribution in [-0.4, -0.2) is 22.7 Å². The third kappa shape index (κ3) is 4.30. The van der Waals surface area contributed by atoms with E-state index >= 15 is 0 Å². The molecule has 0 saturated heterocycles. The summed E-state index contributed by atoms with van der Waals surface area (Å²) < 4.78 is 14.1. The van der Waals surface area contributed by atoms with Crippen molar-refractivity contribution in [3.8, 4) is 0 Å². The maximum atomic E-state index is 14.1. The fourth-order valence-corrected chi connectivity index (χ4v) is 3.58. The summed E-state index contributed by atoms with van der Waals surface area (Å²) >= 11 is 0. The van der Waals surface area contributed by atoms with Gasteiger partial charge in [-0.15, -0.1) is 0 Å². The van der Waals surface area contributed by atoms with Crippen LogP contribution in [0.3, 0.4) is 0 Å². The van der Waals surface area contributed by atoms with Crippen LogP contribution >= 0.6 is 0 Å². The SMILES string of the molecule is O=C(NC(Cc1ccccc1)C(=O)Cc1cccc2cc[nH]c12)c1ccccc1F. The Labute approximate surface area is 173 Å². The lowest BCUT2D eigenvalue weighted by Gasteiger charge is -2.18. The minimum absolute atomic E-state index is 0.0742. The number of aromatic amines is 1. The van der Waals surface area contributed by atoms with Gasteiger partial charge < -0.3 is 10.3 Å². The molecule has 1 unspecified atom stereocenters. The molecule has 3 aromatic carbocycles. The van der Waals surface area contributed by atoms with E-state index in [-0.39, 0.29) is 17.8 Å². The summed E-state index contributed by atoms with van der Waals surface area (Å²) in [6.45, 7) is 0. The molecule has 0 bridgehead atoms. The second-order valence-electron chi connectivity index (χ2n) is 7.20. The van der Waals surface area contributed by atoms with Crippen molar-refractivity contribution >= 4 is 22.6 Å². The average Bonchev–Trinajstić information content (AvgIpc) is 3.24. The molecule has 1 heterocycles. The maximum absolute atomic E-state index is 14.1. The number of carbonyl (C=O) groups excluding carboxylic acids is 2. The number of hydrogen-bond donors (Lipinski definition) is 2. The summed E-state index contributed by atoms with van der Waals surface area (Å²) in [6, 6.07) is 22.2. The van der Waals surface area contributed by atoms with Crippen LogP contribution in [0.1, 0.15) is 21.5 Å². The molecule has 0 fully saturated rings. The van der Waals surface area contributed by atoms with Crippen molar-refractivity contribution < 1.29 is 14.0 Å². The van der Waals surface area contributed by atoms with Gasteiger partial charge in [0, 0.05) is 18.1 Å². The fourth-order valence-electron chi connectivity index (χ4n) is 3.58. The highest BCUT2D eigenvalue weighted by atomic mass is 19.1. The first kappa shape index (κ1) is 19.6. The highest BCUT2D eigenvalue weighted by Gasteiger charge is 2.24. The van der Waals surface area contributed by atoms with E-state index in [0.717, 1.165) is 22.0 Å². The third-order valence-electron chi connectivity index (χ3n) is 5.13. The van der Waals surface area contributed by atoms with Gasteiger partial charge in [0.05, 0.1) is 11.6 Å². The molecule has 150 valence electrons. The largest absolute Gasteiger partial charge is 0.361 e. The van der Waals surface area contributed by atoms with E-state index in [1.165, 1.54) is 18.2 Å². The quantitative estimate of drug-likeness (QED) is 0.481. The highest BCUT2D eigenvalue weighted by Crippen LogP contribution is 2.19. The van der Waals surface area contributed by atoms with Crippen LogP contribution < -0.4 is 5.32 Å². The van der Waals surface area contributed by atoms with Crippen LogP contribution in [0, 0.1) is 5.82 Å². The first-order chi connectivity index (χ1) is 14.6. The molecule has 4 aromatic rings. The van der Waals surface area contributed by atoms with Crippen molar-refractivity contribution in [3.05, 3.63) is 108 Å². The zero-order valence-electron chi connectivity index (χ0n) is 16.3. The Balaban J connectivity index is 1.59. The van der Waals surface area contributed by atoms with Gasteiger partial charge in [-0.1, -0.05) is 60.7 Å². The zero-order valence-corrected chi connectivity index (χ0v) is 16.3. The number of amides is 1. The number of rotatable bonds is 7. The molecule has 4 nitrogen and oxygen atoms in total. The highest BCUT2D eigenvalue weighted by molar-refractivity contribution is 5.99. The monoisotopic (exact) mass is 400 g/mol. The minimum atomic E-state index is -0.773. The van der Waals surface area contributed by atoms with Crippen molar-refractivity contribution in [1.29, 1.82) is 0 Å². The number of fused-ring (bicyclic) bond motifs is 1. The number of carbonyl (C=O) groups is 2. The van der Waals surface area contributed by atoms with E-state index in [2.05, 4.69) is 10.3 Å². The van der Waals surface area contributed by atoms with Crippen LogP contribution in [0.4, 0.5) is 4.39 Å². The topological polar surface area (TPSA) is 62.0 Å². The van der Waals surface area contributed by atoms with Crippen LogP contribution in [0.25, 0.3) is 10.9 Å². The first-order valence-corrected chi connectivity index (χ1v) is 9.79. The summed E-state index contributed by atoms with van der Waals surface area (Å²) in [4.78, 5) is 29.1. The Morgan fingerprint density at radius 2 is 1.67 bits per heavy atom. The molecule has 30 heavy (non-hydrogen) atoms. The van der Waals surface area contributed by atoms with E-state index in [0.29, 0.717) is 6.42 Å². The lowest BCUT2D eigenvalue weighted by molar-refractivity contribution is -0.120. The number of hydrogen-bond acceptors (Lipinski definition) is 2. The molecule has 1 aromatic heterocycles. The molecule has 4 rings (SSSR count). The molecule has 0 aliphatic heterocycles. The molecular weight excluding hydrogens is 379 g/mol. The number of H-pyrrole nitrogens is 1. The van der Waals surface area contributed by atoms with Gasteiger partial charge in [0.15, 0.2) is 5.78 Å². The van der Waals surface area contributed by atoms with Gasteiger partial charge in [0.2, 0.25) is 0 Å². The molecule has 5 heteroatoms. The molecule has 0 radical (unpaired) electrons. The van der Waals surface area contributed by atoms with E-state index < -0.39 is 17.8 Å².